The molecule has 0 aromatic carbocycles. The van der Waals surface area contributed by atoms with E-state index in [-0.39, 0.29) is 0 Å². The van der Waals surface area contributed by atoms with E-state index in [9.17, 15) is 8.42 Å². The summed E-state index contributed by atoms with van der Waals surface area (Å²) < 4.78 is 33.8. The van der Waals surface area contributed by atoms with E-state index in [1.54, 1.807) is 11.4 Å². The Morgan fingerprint density at radius 3 is 2.81 bits per heavy atom. The minimum atomic E-state index is -3.35. The van der Waals surface area contributed by atoms with Crippen molar-refractivity contribution in [1.29, 1.82) is 0 Å². The van der Waals surface area contributed by atoms with Crippen LogP contribution in [0.15, 0.2) is 0 Å². The van der Waals surface area contributed by atoms with Crippen LogP contribution in [0.1, 0.15) is 12.8 Å². The number of hydrogen-bond donors (Lipinski definition) is 2. The van der Waals surface area contributed by atoms with Gasteiger partial charge < -0.3 is 15.0 Å². The second-order valence-electron chi connectivity index (χ2n) is 5.62. The first-order chi connectivity index (χ1) is 9.99. The van der Waals surface area contributed by atoms with Crippen LogP contribution in [0, 0.1) is 5.92 Å². The van der Waals surface area contributed by atoms with Crippen molar-refractivity contribution in [2.24, 2.45) is 5.92 Å². The molecule has 1 aliphatic rings. The Morgan fingerprint density at radius 2 is 2.14 bits per heavy atom. The molecule has 0 bridgehead atoms. The van der Waals surface area contributed by atoms with Gasteiger partial charge in [0.1, 0.15) is 0 Å². The zero-order chi connectivity index (χ0) is 15.7. The monoisotopic (exact) mass is 322 g/mol. The minimum Gasteiger partial charge on any atom is -0.383 e. The topological polar surface area (TPSA) is 73.9 Å². The fraction of sp³-hybridized carbons (Fsp3) is 1.00. The lowest BCUT2D eigenvalue weighted by Gasteiger charge is -2.32. The summed E-state index contributed by atoms with van der Waals surface area (Å²) in [4.78, 5) is 2.05. The first-order valence-electron chi connectivity index (χ1n) is 7.56. The molecule has 0 amide bonds. The minimum absolute atomic E-state index is 0.407. The molecule has 8 heteroatoms. The summed E-state index contributed by atoms with van der Waals surface area (Å²) in [5.41, 5.74) is 0. The van der Waals surface area contributed by atoms with Crippen molar-refractivity contribution in [2.45, 2.75) is 12.8 Å². The average molecular weight is 322 g/mol. The van der Waals surface area contributed by atoms with E-state index >= 15 is 0 Å². The van der Waals surface area contributed by atoms with E-state index in [4.69, 9.17) is 4.74 Å². The van der Waals surface area contributed by atoms with Crippen LogP contribution in [0.5, 0.6) is 0 Å². The van der Waals surface area contributed by atoms with Crippen LogP contribution in [-0.2, 0) is 14.9 Å². The lowest BCUT2D eigenvalue weighted by atomic mass is 10.00. The highest BCUT2D eigenvalue weighted by molar-refractivity contribution is 7.87. The smallest absolute Gasteiger partial charge is 0.279 e. The Morgan fingerprint density at radius 1 is 1.38 bits per heavy atom. The molecule has 1 fully saturated rings. The van der Waals surface area contributed by atoms with Crippen LogP contribution < -0.4 is 10.0 Å². The molecule has 0 saturated carbocycles. The van der Waals surface area contributed by atoms with Gasteiger partial charge in [-0.3, -0.25) is 0 Å². The maximum Gasteiger partial charge on any atom is 0.279 e. The lowest BCUT2D eigenvalue weighted by molar-refractivity contribution is 0.162. The Kier molecular flexibility index (Phi) is 8.69. The van der Waals surface area contributed by atoms with Gasteiger partial charge in [0, 0.05) is 39.8 Å². The van der Waals surface area contributed by atoms with Gasteiger partial charge in [0.05, 0.1) is 6.61 Å². The molecule has 1 unspecified atom stereocenters. The number of piperidine rings is 1. The Balaban J connectivity index is 2.35. The van der Waals surface area contributed by atoms with Gasteiger partial charge in [-0.25, -0.2) is 4.72 Å². The molecule has 0 aromatic heterocycles. The Hall–Kier alpha value is -0.250. The molecule has 1 aliphatic heterocycles. The van der Waals surface area contributed by atoms with Crippen LogP contribution in [0.25, 0.3) is 0 Å². The fourth-order valence-electron chi connectivity index (χ4n) is 2.52. The third-order valence-corrected chi connectivity index (χ3v) is 5.35. The molecule has 7 nitrogen and oxygen atoms in total. The molecule has 0 radical (unpaired) electrons. The largest absolute Gasteiger partial charge is 0.383 e. The molecule has 1 heterocycles. The summed E-state index contributed by atoms with van der Waals surface area (Å²) in [6, 6.07) is 0. The van der Waals surface area contributed by atoms with Gasteiger partial charge >= 0.3 is 0 Å². The molecule has 0 spiro atoms. The maximum absolute atomic E-state index is 12.3. The molecular weight excluding hydrogens is 292 g/mol. The van der Waals surface area contributed by atoms with Gasteiger partial charge in [0.25, 0.3) is 10.2 Å². The first kappa shape index (κ1) is 18.8. The highest BCUT2D eigenvalue weighted by Gasteiger charge is 2.28. The fourth-order valence-corrected chi connectivity index (χ4v) is 3.82. The van der Waals surface area contributed by atoms with Gasteiger partial charge in [-0.05, 0) is 39.4 Å². The number of rotatable bonds is 10. The first-order valence-corrected chi connectivity index (χ1v) is 9.00. The zero-order valence-electron chi connectivity index (χ0n) is 13.5. The van der Waals surface area contributed by atoms with Gasteiger partial charge in [-0.1, -0.05) is 0 Å². The highest BCUT2D eigenvalue weighted by atomic mass is 32.2. The van der Waals surface area contributed by atoms with Crippen LogP contribution in [0.3, 0.4) is 0 Å². The van der Waals surface area contributed by atoms with Gasteiger partial charge in [0.15, 0.2) is 0 Å². The van der Waals surface area contributed by atoms with Crippen molar-refractivity contribution in [3.05, 3.63) is 0 Å². The molecule has 21 heavy (non-hydrogen) atoms. The van der Waals surface area contributed by atoms with E-state index < -0.39 is 10.2 Å². The zero-order valence-corrected chi connectivity index (χ0v) is 14.3. The molecule has 1 rings (SSSR count). The van der Waals surface area contributed by atoms with Crippen LogP contribution in [0.4, 0.5) is 0 Å². The summed E-state index contributed by atoms with van der Waals surface area (Å²) in [6.45, 7) is 4.65. The standard InChI is InChI=1S/C13H30N4O3S/c1-14-11-13-5-4-7-17(12-13)21(18,19)15-6-8-16(2)9-10-20-3/h13-15H,4-12H2,1-3H3. The normalized spacial score (nSPS) is 21.0. The summed E-state index contributed by atoms with van der Waals surface area (Å²) in [5.74, 6) is 0.407. The van der Waals surface area contributed by atoms with E-state index in [0.717, 1.165) is 25.9 Å². The molecular formula is C13H30N4O3S. The average Bonchev–Trinajstić information content (AvgIpc) is 2.45. The number of hydrogen-bond acceptors (Lipinski definition) is 5. The predicted octanol–water partition coefficient (Wildman–Crippen LogP) is -0.670. The third-order valence-electron chi connectivity index (χ3n) is 3.77. The lowest BCUT2D eigenvalue weighted by Crippen LogP contribution is -2.48. The number of ether oxygens (including phenoxy) is 1. The Labute approximate surface area is 129 Å². The quantitative estimate of drug-likeness (QED) is 0.558. The van der Waals surface area contributed by atoms with Crippen LogP contribution in [-0.4, -0.2) is 84.7 Å². The summed E-state index contributed by atoms with van der Waals surface area (Å²) in [5, 5.41) is 3.13. The van der Waals surface area contributed by atoms with Crippen molar-refractivity contribution in [1.82, 2.24) is 19.2 Å². The molecule has 126 valence electrons. The van der Waals surface area contributed by atoms with Gasteiger partial charge in [-0.2, -0.15) is 12.7 Å². The van der Waals surface area contributed by atoms with Gasteiger partial charge in [-0.15, -0.1) is 0 Å². The highest BCUT2D eigenvalue weighted by Crippen LogP contribution is 2.17. The number of nitrogens with zero attached hydrogens (tertiary/aromatic N) is 2. The third kappa shape index (κ3) is 7.03. The molecule has 1 atom stereocenters. The molecule has 1 saturated heterocycles. The van der Waals surface area contributed by atoms with Gasteiger partial charge in [0.2, 0.25) is 0 Å². The van der Waals surface area contributed by atoms with E-state index in [1.165, 1.54) is 0 Å². The van der Waals surface area contributed by atoms with Crippen molar-refractivity contribution in [2.75, 3.05) is 67.1 Å². The molecule has 0 aliphatic carbocycles. The predicted molar refractivity (Wildman–Crippen MR) is 84.5 cm³/mol. The van der Waals surface area contributed by atoms with Crippen LogP contribution >= 0.6 is 0 Å². The second-order valence-corrected chi connectivity index (χ2v) is 7.37. The van der Waals surface area contributed by atoms with E-state index in [0.29, 0.717) is 38.7 Å². The summed E-state index contributed by atoms with van der Waals surface area (Å²) >= 11 is 0. The van der Waals surface area contributed by atoms with Crippen LogP contribution in [0.2, 0.25) is 0 Å². The number of methoxy groups -OCH3 is 1. The number of nitrogens with one attached hydrogen (secondary N) is 2. The van der Waals surface area contributed by atoms with Crippen molar-refractivity contribution in [3.8, 4) is 0 Å². The molecule has 2 N–H and O–H groups in total. The second kappa shape index (κ2) is 9.70. The maximum atomic E-state index is 12.3. The molecule has 0 aromatic rings. The van der Waals surface area contributed by atoms with Crippen molar-refractivity contribution >= 4 is 10.2 Å². The summed E-state index contributed by atoms with van der Waals surface area (Å²) in [7, 11) is 2.17. The SMILES string of the molecule is CNCC1CCCN(S(=O)(=O)NCCN(C)CCOC)C1. The van der Waals surface area contributed by atoms with Crippen molar-refractivity contribution < 1.29 is 13.2 Å². The number of likely N-dealkylation sites (N-methyl/N-ethyl adjacent to an activating group) is 1. The van der Waals surface area contributed by atoms with E-state index in [1.807, 2.05) is 19.0 Å². The summed E-state index contributed by atoms with van der Waals surface area (Å²) in [6.07, 6.45) is 2.02. The Bertz CT molecular complexity index is 376. The van der Waals surface area contributed by atoms with Crippen molar-refractivity contribution in [3.63, 3.8) is 0 Å². The van der Waals surface area contributed by atoms with E-state index in [2.05, 4.69) is 10.0 Å².